The third kappa shape index (κ3) is 4.23. The van der Waals surface area contributed by atoms with Gasteiger partial charge >= 0.3 is 0 Å². The van der Waals surface area contributed by atoms with Crippen LogP contribution in [0.3, 0.4) is 0 Å². The largest absolute Gasteiger partial charge is 0.456 e. The van der Waals surface area contributed by atoms with E-state index in [1.807, 2.05) is 60.8 Å². The minimum Gasteiger partial charge on any atom is -0.456 e. The van der Waals surface area contributed by atoms with Crippen LogP contribution in [0.25, 0.3) is 65.8 Å². The molecule has 0 saturated carbocycles. The molecule has 0 amide bonds. The van der Waals surface area contributed by atoms with Gasteiger partial charge in [-0.05, 0) is 63.9 Å². The number of hydrogen-bond acceptors (Lipinski definition) is 6. The number of nitrogens with zero attached hydrogens (tertiary/aromatic N) is 3. The average Bonchev–Trinajstić information content (AvgIpc) is 3.73. The van der Waals surface area contributed by atoms with Gasteiger partial charge in [-0.3, -0.25) is 4.98 Å². The van der Waals surface area contributed by atoms with Crippen molar-refractivity contribution in [3.8, 4) is 11.1 Å². The molecule has 1 aliphatic heterocycles. The molecule has 48 heavy (non-hydrogen) atoms. The number of furan rings is 2. The number of pyridine rings is 1. The number of aromatic nitrogens is 1. The SMILES string of the molecule is c1ccc(-c2ccc3cc(C4N=C(c5cccc6oc7ccncc7c56)N=C(c5cccc6oc7ccccc7c56)N4)ccc3c2)cc1. The molecule has 6 nitrogen and oxygen atoms in total. The molecule has 0 saturated heterocycles. The summed E-state index contributed by atoms with van der Waals surface area (Å²) in [6.45, 7) is 0. The summed E-state index contributed by atoms with van der Waals surface area (Å²) in [6.07, 6.45) is 3.20. The first kappa shape index (κ1) is 26.7. The average molecular weight is 619 g/mol. The highest BCUT2D eigenvalue weighted by Gasteiger charge is 2.25. The number of fused-ring (bicyclic) bond motifs is 7. The van der Waals surface area contributed by atoms with Gasteiger partial charge in [-0.25, -0.2) is 9.98 Å². The molecule has 0 fully saturated rings. The lowest BCUT2D eigenvalue weighted by Crippen LogP contribution is -2.33. The molecule has 226 valence electrons. The quantitative estimate of drug-likeness (QED) is 0.213. The third-order valence-electron chi connectivity index (χ3n) is 9.22. The maximum Gasteiger partial charge on any atom is 0.160 e. The van der Waals surface area contributed by atoms with Gasteiger partial charge in [0.05, 0.1) is 0 Å². The Hall–Kier alpha value is -6.53. The van der Waals surface area contributed by atoms with Crippen LogP contribution in [0.15, 0.2) is 165 Å². The first-order valence-electron chi connectivity index (χ1n) is 16.0. The number of aliphatic imine (C=N–C) groups is 2. The van der Waals surface area contributed by atoms with Gasteiger partial charge in [0.25, 0.3) is 0 Å². The molecule has 0 bridgehead atoms. The molecule has 10 rings (SSSR count). The fourth-order valence-electron chi connectivity index (χ4n) is 6.95. The van der Waals surface area contributed by atoms with Gasteiger partial charge in [-0.15, -0.1) is 0 Å². The smallest absolute Gasteiger partial charge is 0.160 e. The molecule has 1 N–H and O–H groups in total. The van der Waals surface area contributed by atoms with Crippen LogP contribution >= 0.6 is 0 Å². The van der Waals surface area contributed by atoms with Gasteiger partial charge in [-0.2, -0.15) is 0 Å². The first-order chi connectivity index (χ1) is 23.8. The summed E-state index contributed by atoms with van der Waals surface area (Å²) in [4.78, 5) is 14.9. The predicted octanol–water partition coefficient (Wildman–Crippen LogP) is 10.2. The Morgan fingerprint density at radius 3 is 2.12 bits per heavy atom. The van der Waals surface area contributed by atoms with Crippen molar-refractivity contribution in [2.45, 2.75) is 6.17 Å². The summed E-state index contributed by atoms with van der Waals surface area (Å²) in [7, 11) is 0. The lowest BCUT2D eigenvalue weighted by atomic mass is 9.99. The van der Waals surface area contributed by atoms with Crippen LogP contribution in [-0.4, -0.2) is 16.7 Å². The zero-order valence-corrected chi connectivity index (χ0v) is 25.6. The van der Waals surface area contributed by atoms with Gasteiger partial charge < -0.3 is 14.2 Å². The molecular formula is C42H26N4O2. The van der Waals surface area contributed by atoms with E-state index in [1.165, 1.54) is 16.5 Å². The monoisotopic (exact) mass is 618 g/mol. The molecule has 0 radical (unpaired) electrons. The van der Waals surface area contributed by atoms with Gasteiger partial charge in [0.1, 0.15) is 34.3 Å². The maximum absolute atomic E-state index is 6.26. The summed E-state index contributed by atoms with van der Waals surface area (Å²) >= 11 is 0. The predicted molar refractivity (Wildman–Crippen MR) is 194 cm³/mol. The van der Waals surface area contributed by atoms with Crippen molar-refractivity contribution >= 4 is 66.3 Å². The summed E-state index contributed by atoms with van der Waals surface area (Å²) in [5, 5.41) is 9.95. The molecule has 1 aliphatic rings. The molecule has 3 aromatic heterocycles. The highest BCUT2D eigenvalue weighted by Crippen LogP contribution is 2.36. The second-order valence-corrected chi connectivity index (χ2v) is 12.1. The topological polar surface area (TPSA) is 75.9 Å². The van der Waals surface area contributed by atoms with Crippen molar-refractivity contribution in [1.29, 1.82) is 0 Å². The van der Waals surface area contributed by atoms with Crippen molar-refractivity contribution in [3.05, 3.63) is 163 Å². The summed E-state index contributed by atoms with van der Waals surface area (Å²) in [5.74, 6) is 1.35. The molecule has 1 atom stereocenters. The van der Waals surface area contributed by atoms with Gasteiger partial charge in [0, 0.05) is 45.1 Å². The van der Waals surface area contributed by atoms with E-state index in [9.17, 15) is 0 Å². The van der Waals surface area contributed by atoms with E-state index in [0.717, 1.165) is 71.8 Å². The molecule has 1 unspecified atom stereocenters. The van der Waals surface area contributed by atoms with Crippen LogP contribution in [-0.2, 0) is 0 Å². The maximum atomic E-state index is 6.26. The second-order valence-electron chi connectivity index (χ2n) is 12.1. The number of hydrogen-bond donors (Lipinski definition) is 1. The Balaban J connectivity index is 1.16. The second kappa shape index (κ2) is 10.5. The van der Waals surface area contributed by atoms with Crippen LogP contribution in [0.2, 0.25) is 0 Å². The fraction of sp³-hybridized carbons (Fsp3) is 0.0238. The normalized spacial score (nSPS) is 14.9. The number of nitrogens with one attached hydrogen (secondary N) is 1. The van der Waals surface area contributed by atoms with Gasteiger partial charge in [0.2, 0.25) is 0 Å². The number of para-hydroxylation sites is 1. The highest BCUT2D eigenvalue weighted by atomic mass is 16.3. The van der Waals surface area contributed by atoms with Crippen LogP contribution in [0, 0.1) is 0 Å². The van der Waals surface area contributed by atoms with E-state index in [2.05, 4.69) is 89.2 Å². The zero-order valence-electron chi connectivity index (χ0n) is 25.6. The van der Waals surface area contributed by atoms with E-state index >= 15 is 0 Å². The molecule has 0 spiro atoms. The van der Waals surface area contributed by atoms with Crippen LogP contribution < -0.4 is 5.32 Å². The minimum atomic E-state index is -0.398. The lowest BCUT2D eigenvalue weighted by molar-refractivity contribution is 0.667. The molecular weight excluding hydrogens is 592 g/mol. The number of benzene rings is 6. The molecule has 0 aliphatic carbocycles. The van der Waals surface area contributed by atoms with Gasteiger partial charge in [-0.1, -0.05) is 97.1 Å². The Bertz CT molecular complexity index is 2770. The Morgan fingerprint density at radius 1 is 0.542 bits per heavy atom. The highest BCUT2D eigenvalue weighted by molar-refractivity contribution is 6.25. The summed E-state index contributed by atoms with van der Waals surface area (Å²) in [6, 6.07) is 45.8. The van der Waals surface area contributed by atoms with Crippen molar-refractivity contribution in [1.82, 2.24) is 10.3 Å². The first-order valence-corrected chi connectivity index (χ1v) is 16.0. The van der Waals surface area contributed by atoms with Crippen molar-refractivity contribution < 1.29 is 8.83 Å². The van der Waals surface area contributed by atoms with E-state index in [0.29, 0.717) is 5.84 Å². The minimum absolute atomic E-state index is 0.398. The van der Waals surface area contributed by atoms with Crippen molar-refractivity contribution in [2.75, 3.05) is 0 Å². The van der Waals surface area contributed by atoms with Gasteiger partial charge in [0.15, 0.2) is 5.84 Å². The van der Waals surface area contributed by atoms with Crippen molar-refractivity contribution in [2.24, 2.45) is 9.98 Å². The van der Waals surface area contributed by atoms with E-state index in [4.69, 9.17) is 18.8 Å². The summed E-state index contributed by atoms with van der Waals surface area (Å²) < 4.78 is 12.5. The number of amidine groups is 2. The van der Waals surface area contributed by atoms with E-state index < -0.39 is 6.17 Å². The Morgan fingerprint density at radius 2 is 1.25 bits per heavy atom. The zero-order chi connectivity index (χ0) is 31.6. The van der Waals surface area contributed by atoms with E-state index in [1.54, 1.807) is 6.20 Å². The van der Waals surface area contributed by atoms with Crippen LogP contribution in [0.4, 0.5) is 0 Å². The standard InChI is InChI=1S/C42H26N4O2/c1-2-8-25(9-3-1)26-16-17-28-23-29(19-18-27(28)22-26)40-44-41(31-11-6-14-36-38(31)30-10-4-5-13-34(30)47-36)46-42(45-40)32-12-7-15-37-39(32)33-24-43-21-20-35(33)48-37/h1-24,40H,(H,44,45,46). The van der Waals surface area contributed by atoms with Crippen molar-refractivity contribution in [3.63, 3.8) is 0 Å². The third-order valence-corrected chi connectivity index (χ3v) is 9.22. The summed E-state index contributed by atoms with van der Waals surface area (Å²) in [5.41, 5.74) is 8.47. The van der Waals surface area contributed by atoms with E-state index in [-0.39, 0.29) is 0 Å². The van der Waals surface area contributed by atoms with Crippen LogP contribution in [0.1, 0.15) is 22.9 Å². The lowest BCUT2D eigenvalue weighted by Gasteiger charge is -2.24. The number of rotatable bonds is 4. The molecule has 4 heterocycles. The van der Waals surface area contributed by atoms with Crippen LogP contribution in [0.5, 0.6) is 0 Å². The Labute approximate surface area is 274 Å². The Kier molecular flexibility index (Phi) is 5.84. The molecule has 6 heteroatoms. The fourth-order valence-corrected chi connectivity index (χ4v) is 6.95. The molecule has 6 aromatic carbocycles. The molecule has 9 aromatic rings.